The highest BCUT2D eigenvalue weighted by molar-refractivity contribution is 7.80. The summed E-state index contributed by atoms with van der Waals surface area (Å²) in [5.74, 6) is -0.104. The third kappa shape index (κ3) is 6.34. The third-order valence-electron chi connectivity index (χ3n) is 3.63. The zero-order valence-electron chi connectivity index (χ0n) is 15.1. The van der Waals surface area contributed by atoms with E-state index in [4.69, 9.17) is 12.2 Å². The highest BCUT2D eigenvalue weighted by Gasteiger charge is 2.09. The fourth-order valence-electron chi connectivity index (χ4n) is 2.35. The van der Waals surface area contributed by atoms with Crippen molar-refractivity contribution in [3.05, 3.63) is 18.2 Å². The number of aromatic nitrogens is 1. The van der Waals surface area contributed by atoms with Crippen molar-refractivity contribution < 1.29 is 9.59 Å². The van der Waals surface area contributed by atoms with Crippen LogP contribution in [0.4, 0.5) is 10.8 Å². The van der Waals surface area contributed by atoms with Gasteiger partial charge in [-0.15, -0.1) is 0 Å². The third-order valence-corrected chi connectivity index (χ3v) is 4.77. The lowest BCUT2D eigenvalue weighted by Crippen LogP contribution is -2.33. The van der Waals surface area contributed by atoms with Crippen LogP contribution in [0.15, 0.2) is 18.2 Å². The minimum absolute atomic E-state index is 0.0307. The average molecular weight is 393 g/mol. The van der Waals surface area contributed by atoms with Gasteiger partial charge in [-0.3, -0.25) is 9.59 Å². The van der Waals surface area contributed by atoms with Gasteiger partial charge >= 0.3 is 0 Å². The average Bonchev–Trinajstić information content (AvgIpc) is 2.96. The molecule has 0 saturated carbocycles. The Morgan fingerprint density at radius 2 is 1.88 bits per heavy atom. The molecule has 0 spiro atoms. The molecule has 1 aromatic heterocycles. The Kier molecular flexibility index (Phi) is 7.93. The molecule has 3 N–H and O–H groups in total. The van der Waals surface area contributed by atoms with E-state index in [0.717, 1.165) is 41.6 Å². The maximum Gasteiger partial charge on any atom is 0.226 e. The van der Waals surface area contributed by atoms with E-state index in [0.29, 0.717) is 18.0 Å². The Morgan fingerprint density at radius 3 is 2.62 bits per heavy atom. The SMILES string of the molecule is CCCCCC(=O)NC(=S)Nc1ccc2nc(NC(=O)CCC)sc2c1. The number of nitrogens with zero attached hydrogens (tertiary/aromatic N) is 1. The molecule has 0 saturated heterocycles. The molecule has 0 unspecified atom stereocenters. The molecule has 2 rings (SSSR count). The fraction of sp³-hybridized carbons (Fsp3) is 0.444. The van der Waals surface area contributed by atoms with Crippen LogP contribution in [0.2, 0.25) is 0 Å². The van der Waals surface area contributed by atoms with Gasteiger partial charge in [-0.25, -0.2) is 4.98 Å². The van der Waals surface area contributed by atoms with Crippen molar-refractivity contribution in [1.29, 1.82) is 0 Å². The molecule has 0 atom stereocenters. The summed E-state index contributed by atoms with van der Waals surface area (Å²) in [4.78, 5) is 27.9. The van der Waals surface area contributed by atoms with E-state index in [-0.39, 0.29) is 16.9 Å². The van der Waals surface area contributed by atoms with Gasteiger partial charge in [0.05, 0.1) is 10.2 Å². The molecule has 0 aliphatic rings. The van der Waals surface area contributed by atoms with Crippen LogP contribution in [0.1, 0.15) is 52.4 Å². The molecule has 0 radical (unpaired) electrons. The maximum absolute atomic E-state index is 11.8. The second-order valence-electron chi connectivity index (χ2n) is 5.96. The molecule has 0 aliphatic heterocycles. The zero-order valence-corrected chi connectivity index (χ0v) is 16.7. The molecule has 2 aromatic rings. The molecule has 2 amide bonds. The summed E-state index contributed by atoms with van der Waals surface area (Å²) < 4.78 is 0.930. The van der Waals surface area contributed by atoms with Gasteiger partial charge in [0.15, 0.2) is 10.2 Å². The van der Waals surface area contributed by atoms with Crippen LogP contribution in [-0.4, -0.2) is 21.9 Å². The van der Waals surface area contributed by atoms with Crippen molar-refractivity contribution in [3.8, 4) is 0 Å². The number of hydrogen-bond donors (Lipinski definition) is 3. The number of nitrogens with one attached hydrogen (secondary N) is 3. The Hall–Kier alpha value is -2.06. The number of fused-ring (bicyclic) bond motifs is 1. The van der Waals surface area contributed by atoms with E-state index in [2.05, 4.69) is 27.9 Å². The minimum atomic E-state index is -0.0734. The van der Waals surface area contributed by atoms with Crippen molar-refractivity contribution >= 4 is 61.5 Å². The predicted octanol–water partition coefficient (Wildman–Crippen LogP) is 4.43. The van der Waals surface area contributed by atoms with Gasteiger partial charge in [-0.1, -0.05) is 38.0 Å². The summed E-state index contributed by atoms with van der Waals surface area (Å²) >= 11 is 6.60. The summed E-state index contributed by atoms with van der Waals surface area (Å²) in [5, 5.41) is 9.39. The molecular weight excluding hydrogens is 368 g/mol. The number of anilines is 2. The molecule has 0 bridgehead atoms. The number of thiazole rings is 1. The number of carbonyl (C=O) groups is 2. The standard InChI is InChI=1S/C18H24N4O2S2/c1-3-5-6-8-16(24)21-17(25)19-12-9-10-13-14(11-12)26-18(20-13)22-15(23)7-4-2/h9-11H,3-8H2,1-2H3,(H,20,22,23)(H2,19,21,24,25). The fourth-order valence-corrected chi connectivity index (χ4v) is 3.50. The van der Waals surface area contributed by atoms with E-state index in [1.165, 1.54) is 11.3 Å². The van der Waals surface area contributed by atoms with Crippen LogP contribution in [0, 0.1) is 0 Å². The Morgan fingerprint density at radius 1 is 1.08 bits per heavy atom. The van der Waals surface area contributed by atoms with Crippen molar-refractivity contribution in [1.82, 2.24) is 10.3 Å². The highest BCUT2D eigenvalue weighted by Crippen LogP contribution is 2.28. The molecule has 8 heteroatoms. The number of amides is 2. The monoisotopic (exact) mass is 392 g/mol. The minimum Gasteiger partial charge on any atom is -0.332 e. The highest BCUT2D eigenvalue weighted by atomic mass is 32.1. The van der Waals surface area contributed by atoms with E-state index < -0.39 is 0 Å². The van der Waals surface area contributed by atoms with Gasteiger partial charge in [-0.2, -0.15) is 0 Å². The lowest BCUT2D eigenvalue weighted by Gasteiger charge is -2.09. The number of carbonyl (C=O) groups excluding carboxylic acids is 2. The predicted molar refractivity (Wildman–Crippen MR) is 112 cm³/mol. The Balaban J connectivity index is 1.94. The van der Waals surface area contributed by atoms with Gasteiger partial charge in [0.25, 0.3) is 0 Å². The summed E-state index contributed by atoms with van der Waals surface area (Å²) in [6.07, 6.45) is 4.73. The number of unbranched alkanes of at least 4 members (excludes halogenated alkanes) is 2. The lowest BCUT2D eigenvalue weighted by molar-refractivity contribution is -0.119. The van der Waals surface area contributed by atoms with Crippen LogP contribution in [0.25, 0.3) is 10.2 Å². The lowest BCUT2D eigenvalue weighted by atomic mass is 10.2. The maximum atomic E-state index is 11.8. The van der Waals surface area contributed by atoms with Crippen molar-refractivity contribution in [2.45, 2.75) is 52.4 Å². The first-order valence-corrected chi connectivity index (χ1v) is 10.1. The normalized spacial score (nSPS) is 10.5. The van der Waals surface area contributed by atoms with E-state index >= 15 is 0 Å². The van der Waals surface area contributed by atoms with Crippen molar-refractivity contribution in [3.63, 3.8) is 0 Å². The molecule has 0 aliphatic carbocycles. The number of thiocarbonyl (C=S) groups is 1. The first-order valence-electron chi connectivity index (χ1n) is 8.83. The molecule has 0 fully saturated rings. The Bertz CT molecular complexity index is 789. The largest absolute Gasteiger partial charge is 0.332 e. The van der Waals surface area contributed by atoms with E-state index in [9.17, 15) is 9.59 Å². The second-order valence-corrected chi connectivity index (χ2v) is 7.40. The molecular formula is C18H24N4O2S2. The second kappa shape index (κ2) is 10.2. The van der Waals surface area contributed by atoms with Gasteiger partial charge in [-0.05, 0) is 43.3 Å². The first-order chi connectivity index (χ1) is 12.5. The van der Waals surface area contributed by atoms with Crippen LogP contribution in [0.3, 0.4) is 0 Å². The topological polar surface area (TPSA) is 83.1 Å². The molecule has 6 nitrogen and oxygen atoms in total. The molecule has 1 heterocycles. The number of hydrogen-bond acceptors (Lipinski definition) is 5. The van der Waals surface area contributed by atoms with Gasteiger partial charge in [0.1, 0.15) is 0 Å². The quantitative estimate of drug-likeness (QED) is 0.457. The summed E-state index contributed by atoms with van der Waals surface area (Å²) in [6.45, 7) is 4.06. The molecule has 26 heavy (non-hydrogen) atoms. The summed E-state index contributed by atoms with van der Waals surface area (Å²) in [6, 6.07) is 5.60. The van der Waals surface area contributed by atoms with Crippen LogP contribution >= 0.6 is 23.6 Å². The van der Waals surface area contributed by atoms with Gasteiger partial charge in [0.2, 0.25) is 11.8 Å². The molecule has 140 valence electrons. The van der Waals surface area contributed by atoms with Crippen LogP contribution < -0.4 is 16.0 Å². The zero-order chi connectivity index (χ0) is 18.9. The van der Waals surface area contributed by atoms with Gasteiger partial charge < -0.3 is 16.0 Å². The summed E-state index contributed by atoms with van der Waals surface area (Å²) in [7, 11) is 0. The smallest absolute Gasteiger partial charge is 0.226 e. The van der Waals surface area contributed by atoms with E-state index in [1.807, 2.05) is 25.1 Å². The summed E-state index contributed by atoms with van der Waals surface area (Å²) in [5.41, 5.74) is 1.58. The number of rotatable bonds is 8. The molecule has 1 aromatic carbocycles. The van der Waals surface area contributed by atoms with Crippen molar-refractivity contribution in [2.24, 2.45) is 0 Å². The Labute approximate surface area is 162 Å². The van der Waals surface area contributed by atoms with Crippen LogP contribution in [0.5, 0.6) is 0 Å². The van der Waals surface area contributed by atoms with Gasteiger partial charge in [0, 0.05) is 18.5 Å². The van der Waals surface area contributed by atoms with Crippen molar-refractivity contribution in [2.75, 3.05) is 10.6 Å². The van der Waals surface area contributed by atoms with Crippen LogP contribution in [-0.2, 0) is 9.59 Å². The first kappa shape index (κ1) is 20.3. The number of benzene rings is 1. The van der Waals surface area contributed by atoms with E-state index in [1.54, 1.807) is 0 Å².